The van der Waals surface area contributed by atoms with Crippen molar-refractivity contribution in [3.8, 4) is 0 Å². The van der Waals surface area contributed by atoms with E-state index in [0.717, 1.165) is 0 Å². The number of rotatable bonds is 6. The molecule has 0 aliphatic heterocycles. The number of aliphatic hydroxyl groups excluding tert-OH is 1. The third-order valence-electron chi connectivity index (χ3n) is 1.78. The zero-order valence-electron chi connectivity index (χ0n) is 10.6. The monoisotopic (exact) mass is 245 g/mol. The fraction of sp³-hybridized carbons (Fsp3) is 0.800. The van der Waals surface area contributed by atoms with Crippen LogP contribution in [0.1, 0.15) is 20.3 Å². The summed E-state index contributed by atoms with van der Waals surface area (Å²) in [5.74, 6) is -0.366. The number of ether oxygens (including phenoxy) is 1. The van der Waals surface area contributed by atoms with Crippen molar-refractivity contribution in [2.24, 2.45) is 0 Å². The summed E-state index contributed by atoms with van der Waals surface area (Å²) >= 11 is 0. The molecule has 0 aliphatic carbocycles. The van der Waals surface area contributed by atoms with Crippen molar-refractivity contribution in [2.75, 3.05) is 6.61 Å². The molecule has 0 aromatic carbocycles. The number of hydrogen-bond donors (Lipinski definition) is 1. The van der Waals surface area contributed by atoms with Gasteiger partial charge < -0.3 is 14.3 Å². The van der Waals surface area contributed by atoms with Gasteiger partial charge in [0.2, 0.25) is 5.39 Å². The van der Waals surface area contributed by atoms with Crippen LogP contribution in [0.5, 0.6) is 0 Å². The Morgan fingerprint density at radius 2 is 1.94 bits per heavy atom. The van der Waals surface area contributed by atoms with Crippen molar-refractivity contribution in [2.45, 2.75) is 46.0 Å². The number of hydrogen-bond acceptors (Lipinski definition) is 4. The van der Waals surface area contributed by atoms with E-state index in [9.17, 15) is 5.11 Å². The lowest BCUT2D eigenvalue weighted by atomic mass is 10.2. The molecule has 0 aliphatic rings. The molecule has 0 bridgehead atoms. The molecule has 0 aromatic heterocycles. The first-order valence-corrected chi connectivity index (χ1v) is 8.85. The van der Waals surface area contributed by atoms with Gasteiger partial charge in [-0.1, -0.05) is 6.92 Å². The van der Waals surface area contributed by atoms with E-state index in [2.05, 4.69) is 4.98 Å². The van der Waals surface area contributed by atoms with E-state index in [1.165, 1.54) is 0 Å². The van der Waals surface area contributed by atoms with Gasteiger partial charge in [-0.2, -0.15) is 0 Å². The lowest BCUT2D eigenvalue weighted by Crippen LogP contribution is -2.32. The van der Waals surface area contributed by atoms with Crippen LogP contribution in [0.3, 0.4) is 0 Å². The topological polar surface area (TPSA) is 66.8 Å². The van der Waals surface area contributed by atoms with Gasteiger partial charge in [-0.05, 0) is 33.0 Å². The Morgan fingerprint density at radius 3 is 2.25 bits per heavy atom. The van der Waals surface area contributed by atoms with Crippen LogP contribution in [-0.4, -0.2) is 26.1 Å². The molecule has 1 N–H and O–H groups in total. The van der Waals surface area contributed by atoms with Crippen LogP contribution < -0.4 is 0 Å². The van der Waals surface area contributed by atoms with Gasteiger partial charge >= 0.3 is 11.6 Å². The molecule has 5 nitrogen and oxygen atoms in total. The lowest BCUT2D eigenvalue weighted by molar-refractivity contribution is 0.0889. The highest BCUT2D eigenvalue weighted by Crippen LogP contribution is 2.20. The molecule has 6 heteroatoms. The van der Waals surface area contributed by atoms with E-state index in [4.69, 9.17) is 14.6 Å². The second-order valence-corrected chi connectivity index (χ2v) is 8.81. The van der Waals surface area contributed by atoms with Crippen molar-refractivity contribution in [1.82, 2.24) is 0 Å². The van der Waals surface area contributed by atoms with Gasteiger partial charge in [0.15, 0.2) is 19.4 Å². The van der Waals surface area contributed by atoms with Gasteiger partial charge in [0.05, 0.1) is 6.61 Å². The first-order chi connectivity index (χ1) is 7.35. The van der Waals surface area contributed by atoms with E-state index >= 15 is 0 Å². The quantitative estimate of drug-likeness (QED) is 0.443. The maximum Gasteiger partial charge on any atom is 0.467 e. The number of diazo groups is 1. The molecule has 0 rings (SSSR count). The largest absolute Gasteiger partial charge is 0.475 e. The minimum Gasteiger partial charge on any atom is -0.475 e. The zero-order valence-corrected chi connectivity index (χ0v) is 11.6. The highest BCUT2D eigenvalue weighted by atomic mass is 28.4. The standard InChI is InChI=1S/C10H20N2O3Si/c1-6-8(15-16(3,4)5)9(12-11)10(13)14-7-2/h8H,6-7H2,1-5H3/p+1/b10-9-. The second-order valence-electron chi connectivity index (χ2n) is 4.35. The molecule has 0 saturated carbocycles. The molecule has 0 aromatic rings. The molecule has 1 atom stereocenters. The summed E-state index contributed by atoms with van der Waals surface area (Å²) in [6.07, 6.45) is 0.184. The second kappa shape index (κ2) is 6.50. The highest BCUT2D eigenvalue weighted by Gasteiger charge is 2.35. The summed E-state index contributed by atoms with van der Waals surface area (Å²) in [5, 5.41) is 18.4. The smallest absolute Gasteiger partial charge is 0.467 e. The third kappa shape index (κ3) is 5.14. The molecular weight excluding hydrogens is 224 g/mol. The summed E-state index contributed by atoms with van der Waals surface area (Å²) in [5.41, 5.74) is 0.0618. The Bertz CT molecular complexity index is 291. The van der Waals surface area contributed by atoms with Crippen LogP contribution >= 0.6 is 0 Å². The Morgan fingerprint density at radius 1 is 1.38 bits per heavy atom. The van der Waals surface area contributed by atoms with Crippen molar-refractivity contribution in [1.29, 1.82) is 5.39 Å². The Kier molecular flexibility index (Phi) is 6.07. The molecule has 0 amide bonds. The number of nitrogens with zero attached hydrogens (tertiary/aromatic N) is 2. The average Bonchev–Trinajstić information content (AvgIpc) is 2.16. The van der Waals surface area contributed by atoms with Crippen LogP contribution in [0.15, 0.2) is 11.6 Å². The number of aliphatic hydroxyl groups is 1. The van der Waals surface area contributed by atoms with Gasteiger partial charge in [-0.25, -0.2) is 0 Å². The summed E-state index contributed by atoms with van der Waals surface area (Å²) in [6.45, 7) is 10.0. The van der Waals surface area contributed by atoms with Gasteiger partial charge in [-0.3, -0.25) is 0 Å². The summed E-state index contributed by atoms with van der Waals surface area (Å²) in [7, 11) is -1.76. The Balaban J connectivity index is 4.92. The third-order valence-corrected chi connectivity index (χ3v) is 2.77. The maximum absolute atomic E-state index is 9.55. The summed E-state index contributed by atoms with van der Waals surface area (Å²) in [6, 6.07) is 0. The summed E-state index contributed by atoms with van der Waals surface area (Å²) < 4.78 is 10.7. The van der Waals surface area contributed by atoms with Crippen LogP contribution in [0, 0.1) is 5.39 Å². The first kappa shape index (κ1) is 14.9. The van der Waals surface area contributed by atoms with E-state index in [1.807, 2.05) is 26.6 Å². The molecule has 16 heavy (non-hydrogen) atoms. The van der Waals surface area contributed by atoms with Crippen LogP contribution in [0.25, 0.3) is 4.98 Å². The van der Waals surface area contributed by atoms with E-state index in [0.29, 0.717) is 13.0 Å². The first-order valence-electron chi connectivity index (χ1n) is 5.44. The Hall–Kier alpha value is -1.06. The van der Waals surface area contributed by atoms with Crippen LogP contribution in [-0.2, 0) is 9.16 Å². The van der Waals surface area contributed by atoms with Crippen molar-refractivity contribution in [3.05, 3.63) is 16.6 Å². The van der Waals surface area contributed by atoms with Crippen LogP contribution in [0.2, 0.25) is 19.6 Å². The lowest BCUT2D eigenvalue weighted by Gasteiger charge is -2.21. The highest BCUT2D eigenvalue weighted by molar-refractivity contribution is 6.69. The average molecular weight is 245 g/mol. The van der Waals surface area contributed by atoms with E-state index < -0.39 is 14.4 Å². The maximum atomic E-state index is 9.55. The molecule has 0 heterocycles. The van der Waals surface area contributed by atoms with Gasteiger partial charge in [0.25, 0.3) is 0 Å². The SMILES string of the molecule is CCO/C(O)=C(\[N+]#N)C(CC)O[Si](C)(C)C. The minimum absolute atomic E-state index is 0.0618. The van der Waals surface area contributed by atoms with Crippen molar-refractivity contribution in [3.63, 3.8) is 0 Å². The molecule has 92 valence electrons. The molecular formula is C10H21N2O3Si+. The van der Waals surface area contributed by atoms with Crippen molar-refractivity contribution >= 4 is 8.32 Å². The molecule has 0 saturated heterocycles. The molecule has 0 spiro atoms. The predicted octanol–water partition coefficient (Wildman–Crippen LogP) is 3.23. The van der Waals surface area contributed by atoms with Gasteiger partial charge in [0.1, 0.15) is 0 Å². The Labute approximate surface area is 97.8 Å². The normalized spacial score (nSPS) is 15.0. The fourth-order valence-corrected chi connectivity index (χ4v) is 2.35. The molecule has 0 fully saturated rings. The summed E-state index contributed by atoms with van der Waals surface area (Å²) in [4.78, 5) is 3.06. The fourth-order valence-electron chi connectivity index (χ4n) is 1.21. The minimum atomic E-state index is -1.76. The van der Waals surface area contributed by atoms with Gasteiger partial charge in [-0.15, -0.1) is 0 Å². The zero-order chi connectivity index (χ0) is 12.8. The van der Waals surface area contributed by atoms with E-state index in [-0.39, 0.29) is 11.6 Å². The predicted molar refractivity (Wildman–Crippen MR) is 64.9 cm³/mol. The van der Waals surface area contributed by atoms with Crippen molar-refractivity contribution < 1.29 is 14.3 Å². The molecule has 0 radical (unpaired) electrons. The van der Waals surface area contributed by atoms with Gasteiger partial charge in [0, 0.05) is 0 Å². The van der Waals surface area contributed by atoms with E-state index in [1.54, 1.807) is 6.92 Å². The van der Waals surface area contributed by atoms with Crippen LogP contribution in [0.4, 0.5) is 0 Å². The molecule has 1 unspecified atom stereocenters.